The summed E-state index contributed by atoms with van der Waals surface area (Å²) >= 11 is 7.47. The van der Waals surface area contributed by atoms with Crippen LogP contribution in [0.4, 0.5) is 0 Å². The van der Waals surface area contributed by atoms with Crippen LogP contribution in [0.5, 0.6) is 0 Å². The summed E-state index contributed by atoms with van der Waals surface area (Å²) in [6.45, 7) is 3.56. The Kier molecular flexibility index (Phi) is 5.00. The van der Waals surface area contributed by atoms with Crippen LogP contribution in [-0.4, -0.2) is 11.0 Å². The molecule has 1 aromatic carbocycles. The van der Waals surface area contributed by atoms with Crippen molar-refractivity contribution in [3.8, 4) is 0 Å². The van der Waals surface area contributed by atoms with Crippen molar-refractivity contribution in [1.29, 1.82) is 0 Å². The molecule has 1 heterocycles. The maximum Gasteiger partial charge on any atom is 0.170 e. The SMILES string of the molecule is Cc1cc(/C(N)=N/O)ccc1CNCc1ccc(Cl)s1. The zero-order valence-electron chi connectivity index (χ0n) is 11.1. The molecule has 0 radical (unpaired) electrons. The first-order chi connectivity index (χ1) is 9.60. The molecule has 2 rings (SSSR count). The zero-order chi connectivity index (χ0) is 14.5. The highest BCUT2D eigenvalue weighted by Crippen LogP contribution is 2.21. The first-order valence-corrected chi connectivity index (χ1v) is 7.32. The minimum Gasteiger partial charge on any atom is -0.409 e. The van der Waals surface area contributed by atoms with Gasteiger partial charge in [-0.2, -0.15) is 0 Å². The van der Waals surface area contributed by atoms with Crippen molar-refractivity contribution in [2.24, 2.45) is 10.9 Å². The molecular formula is C14H16ClN3OS. The molecule has 0 aliphatic heterocycles. The number of aryl methyl sites for hydroxylation is 1. The second kappa shape index (κ2) is 6.74. The van der Waals surface area contributed by atoms with Gasteiger partial charge in [0.1, 0.15) is 0 Å². The number of rotatable bonds is 5. The molecule has 0 saturated heterocycles. The van der Waals surface area contributed by atoms with Gasteiger partial charge in [0, 0.05) is 23.5 Å². The lowest BCUT2D eigenvalue weighted by molar-refractivity contribution is 0.318. The van der Waals surface area contributed by atoms with E-state index in [9.17, 15) is 0 Å². The monoisotopic (exact) mass is 309 g/mol. The summed E-state index contributed by atoms with van der Waals surface area (Å²) in [4.78, 5) is 1.21. The molecule has 0 spiro atoms. The Balaban J connectivity index is 1.96. The van der Waals surface area contributed by atoms with Crippen molar-refractivity contribution in [1.82, 2.24) is 5.32 Å². The molecular weight excluding hydrogens is 294 g/mol. The maximum absolute atomic E-state index is 8.66. The first-order valence-electron chi connectivity index (χ1n) is 6.12. The summed E-state index contributed by atoms with van der Waals surface area (Å²) in [6, 6.07) is 9.67. The average molecular weight is 310 g/mol. The van der Waals surface area contributed by atoms with E-state index < -0.39 is 0 Å². The molecule has 1 aromatic heterocycles. The number of halogens is 1. The number of hydrogen-bond donors (Lipinski definition) is 3. The highest BCUT2D eigenvalue weighted by Gasteiger charge is 2.04. The number of nitrogens with zero attached hydrogens (tertiary/aromatic N) is 1. The van der Waals surface area contributed by atoms with Gasteiger partial charge in [0.2, 0.25) is 0 Å². The maximum atomic E-state index is 8.66. The van der Waals surface area contributed by atoms with Gasteiger partial charge in [0.05, 0.1) is 4.34 Å². The van der Waals surface area contributed by atoms with Gasteiger partial charge < -0.3 is 16.3 Å². The fourth-order valence-electron chi connectivity index (χ4n) is 1.88. The molecule has 4 nitrogen and oxygen atoms in total. The van der Waals surface area contributed by atoms with Crippen molar-refractivity contribution in [3.05, 3.63) is 56.2 Å². The predicted octanol–water partition coefficient (Wildman–Crippen LogP) is 3.09. The van der Waals surface area contributed by atoms with Crippen molar-refractivity contribution in [3.63, 3.8) is 0 Å². The van der Waals surface area contributed by atoms with E-state index in [2.05, 4.69) is 10.5 Å². The van der Waals surface area contributed by atoms with Crippen LogP contribution >= 0.6 is 22.9 Å². The van der Waals surface area contributed by atoms with E-state index in [0.717, 1.165) is 28.6 Å². The van der Waals surface area contributed by atoms with Crippen LogP contribution in [0.25, 0.3) is 0 Å². The Morgan fingerprint density at radius 2 is 2.15 bits per heavy atom. The molecule has 0 aliphatic rings. The quantitative estimate of drug-likeness (QED) is 0.344. The topological polar surface area (TPSA) is 70.6 Å². The van der Waals surface area contributed by atoms with E-state index >= 15 is 0 Å². The Morgan fingerprint density at radius 3 is 2.75 bits per heavy atom. The van der Waals surface area contributed by atoms with Crippen LogP contribution in [0, 0.1) is 6.92 Å². The second-order valence-electron chi connectivity index (χ2n) is 4.44. The minimum absolute atomic E-state index is 0.126. The van der Waals surface area contributed by atoms with Gasteiger partial charge >= 0.3 is 0 Å². The smallest absolute Gasteiger partial charge is 0.170 e. The van der Waals surface area contributed by atoms with E-state index in [1.165, 1.54) is 10.4 Å². The number of thiophene rings is 1. The minimum atomic E-state index is 0.126. The summed E-state index contributed by atoms with van der Waals surface area (Å²) in [5, 5.41) is 15.0. The van der Waals surface area contributed by atoms with Gasteiger partial charge in [-0.05, 0) is 36.2 Å². The third-order valence-electron chi connectivity index (χ3n) is 2.99. The van der Waals surface area contributed by atoms with Crippen LogP contribution in [0.1, 0.15) is 21.6 Å². The summed E-state index contributed by atoms with van der Waals surface area (Å²) < 4.78 is 0.807. The fourth-order valence-corrected chi connectivity index (χ4v) is 2.94. The molecule has 0 amide bonds. The fraction of sp³-hybridized carbons (Fsp3) is 0.214. The molecule has 4 N–H and O–H groups in total. The lowest BCUT2D eigenvalue weighted by atomic mass is 10.0. The molecule has 0 bridgehead atoms. The highest BCUT2D eigenvalue weighted by molar-refractivity contribution is 7.16. The summed E-state index contributed by atoms with van der Waals surface area (Å²) in [5.74, 6) is 0.126. The average Bonchev–Trinajstić information content (AvgIpc) is 2.85. The summed E-state index contributed by atoms with van der Waals surface area (Å²) in [7, 11) is 0. The van der Waals surface area contributed by atoms with Gasteiger partial charge in [0.15, 0.2) is 5.84 Å². The molecule has 0 atom stereocenters. The van der Waals surface area contributed by atoms with E-state index in [0.29, 0.717) is 0 Å². The lowest BCUT2D eigenvalue weighted by Crippen LogP contribution is -2.15. The highest BCUT2D eigenvalue weighted by atomic mass is 35.5. The van der Waals surface area contributed by atoms with Crippen molar-refractivity contribution < 1.29 is 5.21 Å². The Bertz CT molecular complexity index is 625. The van der Waals surface area contributed by atoms with Crippen molar-refractivity contribution in [2.45, 2.75) is 20.0 Å². The second-order valence-corrected chi connectivity index (χ2v) is 6.24. The Morgan fingerprint density at radius 1 is 1.35 bits per heavy atom. The summed E-state index contributed by atoms with van der Waals surface area (Å²) in [5.41, 5.74) is 8.57. The van der Waals surface area contributed by atoms with Gasteiger partial charge in [-0.15, -0.1) is 11.3 Å². The van der Waals surface area contributed by atoms with Gasteiger partial charge in [-0.1, -0.05) is 28.9 Å². The van der Waals surface area contributed by atoms with Gasteiger partial charge in [-0.25, -0.2) is 0 Å². The molecule has 20 heavy (non-hydrogen) atoms. The van der Waals surface area contributed by atoms with Crippen LogP contribution in [0.3, 0.4) is 0 Å². The van der Waals surface area contributed by atoms with Crippen LogP contribution < -0.4 is 11.1 Å². The Hall–Kier alpha value is -1.56. The molecule has 6 heteroatoms. The van der Waals surface area contributed by atoms with Crippen molar-refractivity contribution in [2.75, 3.05) is 0 Å². The molecule has 0 aliphatic carbocycles. The van der Waals surface area contributed by atoms with E-state index in [4.69, 9.17) is 22.5 Å². The van der Waals surface area contributed by atoms with Crippen LogP contribution in [-0.2, 0) is 13.1 Å². The van der Waals surface area contributed by atoms with E-state index in [1.807, 2.05) is 37.3 Å². The lowest BCUT2D eigenvalue weighted by Gasteiger charge is -2.09. The molecule has 0 unspecified atom stereocenters. The standard InChI is InChI=1S/C14H16ClN3OS/c1-9-6-10(14(16)18-19)2-3-11(9)7-17-8-12-4-5-13(15)20-12/h2-6,17,19H,7-8H2,1H3,(H2,16,18). The number of hydrogen-bond acceptors (Lipinski definition) is 4. The predicted molar refractivity (Wildman–Crippen MR) is 83.6 cm³/mol. The third-order valence-corrected chi connectivity index (χ3v) is 4.22. The third kappa shape index (κ3) is 3.72. The number of nitrogens with two attached hydrogens (primary N) is 1. The van der Waals surface area contributed by atoms with Crippen molar-refractivity contribution >= 4 is 28.8 Å². The van der Waals surface area contributed by atoms with E-state index in [-0.39, 0.29) is 5.84 Å². The number of amidine groups is 1. The van der Waals surface area contributed by atoms with Gasteiger partial charge in [-0.3, -0.25) is 0 Å². The number of oxime groups is 1. The van der Waals surface area contributed by atoms with Crippen LogP contribution in [0.2, 0.25) is 4.34 Å². The zero-order valence-corrected chi connectivity index (χ0v) is 12.6. The molecule has 106 valence electrons. The Labute approximate surface area is 126 Å². The van der Waals surface area contributed by atoms with E-state index in [1.54, 1.807) is 11.3 Å². The number of nitrogens with one attached hydrogen (secondary N) is 1. The first kappa shape index (κ1) is 14.8. The molecule has 0 fully saturated rings. The normalized spacial score (nSPS) is 11.8. The largest absolute Gasteiger partial charge is 0.409 e. The molecule has 2 aromatic rings. The molecule has 0 saturated carbocycles. The summed E-state index contributed by atoms with van der Waals surface area (Å²) in [6.07, 6.45) is 0. The van der Waals surface area contributed by atoms with Crippen LogP contribution in [0.15, 0.2) is 35.5 Å². The number of benzene rings is 1. The van der Waals surface area contributed by atoms with Gasteiger partial charge in [0.25, 0.3) is 0 Å².